The zero-order valence-electron chi connectivity index (χ0n) is 10.1. The number of methoxy groups -OCH3 is 1. The Bertz CT molecular complexity index is 267. The van der Waals surface area contributed by atoms with E-state index in [0.717, 1.165) is 25.7 Å². The van der Waals surface area contributed by atoms with Crippen LogP contribution < -0.4 is 5.32 Å². The third-order valence-electron chi connectivity index (χ3n) is 3.05. The van der Waals surface area contributed by atoms with E-state index in [2.05, 4.69) is 10.1 Å². The molecule has 0 amide bonds. The molecule has 1 rings (SSSR count). The van der Waals surface area contributed by atoms with Crippen molar-refractivity contribution >= 4 is 5.97 Å². The van der Waals surface area contributed by atoms with Crippen LogP contribution in [0.15, 0.2) is 11.6 Å². The van der Waals surface area contributed by atoms with Gasteiger partial charge in [0.2, 0.25) is 0 Å². The van der Waals surface area contributed by atoms with E-state index in [-0.39, 0.29) is 5.97 Å². The zero-order valence-corrected chi connectivity index (χ0v) is 10.1. The van der Waals surface area contributed by atoms with Crippen LogP contribution in [0, 0.1) is 0 Å². The maximum Gasteiger partial charge on any atom is 0.333 e. The van der Waals surface area contributed by atoms with Crippen LogP contribution in [-0.2, 0) is 9.53 Å². The number of hydrogen-bond acceptors (Lipinski definition) is 4. The fraction of sp³-hybridized carbons (Fsp3) is 0.750. The van der Waals surface area contributed by atoms with Gasteiger partial charge in [0.15, 0.2) is 0 Å². The van der Waals surface area contributed by atoms with E-state index in [0.29, 0.717) is 18.7 Å². The lowest BCUT2D eigenvalue weighted by Gasteiger charge is -2.21. The molecule has 0 radical (unpaired) electrons. The molecular formula is C12H21NO3. The molecule has 1 fully saturated rings. The van der Waals surface area contributed by atoms with Gasteiger partial charge >= 0.3 is 5.97 Å². The van der Waals surface area contributed by atoms with Gasteiger partial charge in [-0.3, -0.25) is 0 Å². The van der Waals surface area contributed by atoms with Crippen molar-refractivity contribution in [2.75, 3.05) is 20.2 Å². The second-order valence-electron chi connectivity index (χ2n) is 4.44. The highest BCUT2D eigenvalue weighted by molar-refractivity contribution is 5.87. The lowest BCUT2D eigenvalue weighted by Crippen LogP contribution is -2.38. The van der Waals surface area contributed by atoms with Crippen molar-refractivity contribution < 1.29 is 14.6 Å². The summed E-state index contributed by atoms with van der Waals surface area (Å²) in [6.07, 6.45) is 5.74. The number of carbonyl (C=O) groups excluding carboxylic acids is 1. The van der Waals surface area contributed by atoms with Gasteiger partial charge in [0.1, 0.15) is 0 Å². The van der Waals surface area contributed by atoms with Gasteiger partial charge in [-0.1, -0.05) is 18.9 Å². The number of carbonyl (C=O) groups is 1. The first-order chi connectivity index (χ1) is 7.57. The largest absolute Gasteiger partial charge is 0.466 e. The van der Waals surface area contributed by atoms with E-state index in [1.165, 1.54) is 7.11 Å². The summed E-state index contributed by atoms with van der Waals surface area (Å²) in [6, 6.07) is 0. The number of esters is 1. The normalized spacial score (nSPS) is 19.8. The highest BCUT2D eigenvalue weighted by Crippen LogP contribution is 2.28. The van der Waals surface area contributed by atoms with E-state index in [4.69, 9.17) is 0 Å². The predicted molar refractivity (Wildman–Crippen MR) is 62.1 cm³/mol. The zero-order chi connectivity index (χ0) is 12.0. The Labute approximate surface area is 96.7 Å². The molecule has 4 heteroatoms. The van der Waals surface area contributed by atoms with Crippen LogP contribution in [0.1, 0.15) is 32.6 Å². The van der Waals surface area contributed by atoms with Gasteiger partial charge in [0.25, 0.3) is 0 Å². The third kappa shape index (κ3) is 3.94. The minimum absolute atomic E-state index is 0.304. The molecular weight excluding hydrogens is 206 g/mol. The van der Waals surface area contributed by atoms with Crippen molar-refractivity contribution in [3.63, 3.8) is 0 Å². The molecule has 4 nitrogen and oxygen atoms in total. The molecule has 0 aliphatic heterocycles. The SMILES string of the molecule is COC(=O)C(C)=CCNCC1(O)CCCC1. The summed E-state index contributed by atoms with van der Waals surface area (Å²) in [4.78, 5) is 11.1. The minimum atomic E-state index is -0.535. The fourth-order valence-corrected chi connectivity index (χ4v) is 1.98. The first kappa shape index (κ1) is 13.2. The molecule has 1 aliphatic rings. The molecule has 1 saturated carbocycles. The molecule has 0 atom stereocenters. The van der Waals surface area contributed by atoms with Gasteiger partial charge in [-0.15, -0.1) is 0 Å². The van der Waals surface area contributed by atoms with E-state index < -0.39 is 5.60 Å². The monoisotopic (exact) mass is 227 g/mol. The first-order valence-electron chi connectivity index (χ1n) is 5.75. The van der Waals surface area contributed by atoms with E-state index in [1.54, 1.807) is 13.0 Å². The first-order valence-corrected chi connectivity index (χ1v) is 5.75. The topological polar surface area (TPSA) is 58.6 Å². The van der Waals surface area contributed by atoms with E-state index >= 15 is 0 Å². The van der Waals surface area contributed by atoms with Crippen molar-refractivity contribution in [3.05, 3.63) is 11.6 Å². The van der Waals surface area contributed by atoms with Gasteiger partial charge in [-0.05, 0) is 19.8 Å². The van der Waals surface area contributed by atoms with Crippen LogP contribution in [0.3, 0.4) is 0 Å². The summed E-state index contributed by atoms with van der Waals surface area (Å²) in [5.41, 5.74) is 0.0564. The van der Waals surface area contributed by atoms with Gasteiger partial charge < -0.3 is 15.2 Å². The number of aliphatic hydroxyl groups is 1. The smallest absolute Gasteiger partial charge is 0.333 e. The number of ether oxygens (including phenoxy) is 1. The molecule has 0 bridgehead atoms. The average molecular weight is 227 g/mol. The quantitative estimate of drug-likeness (QED) is 0.418. The van der Waals surface area contributed by atoms with E-state index in [9.17, 15) is 9.90 Å². The van der Waals surface area contributed by atoms with Crippen LogP contribution in [0.2, 0.25) is 0 Å². The van der Waals surface area contributed by atoms with Gasteiger partial charge in [-0.25, -0.2) is 4.79 Å². The molecule has 0 heterocycles. The molecule has 0 unspecified atom stereocenters. The van der Waals surface area contributed by atoms with Gasteiger partial charge in [0, 0.05) is 18.7 Å². The number of hydrogen-bond donors (Lipinski definition) is 2. The third-order valence-corrected chi connectivity index (χ3v) is 3.05. The molecule has 0 aromatic heterocycles. The summed E-state index contributed by atoms with van der Waals surface area (Å²) in [6.45, 7) is 2.90. The molecule has 16 heavy (non-hydrogen) atoms. The van der Waals surface area contributed by atoms with Gasteiger partial charge in [-0.2, -0.15) is 0 Å². The Morgan fingerprint density at radius 2 is 2.12 bits per heavy atom. The number of nitrogens with one attached hydrogen (secondary N) is 1. The van der Waals surface area contributed by atoms with Crippen LogP contribution in [-0.4, -0.2) is 36.9 Å². The fourth-order valence-electron chi connectivity index (χ4n) is 1.98. The molecule has 0 aromatic carbocycles. The maximum atomic E-state index is 11.1. The van der Waals surface area contributed by atoms with Crippen molar-refractivity contribution in [2.45, 2.75) is 38.2 Å². The van der Waals surface area contributed by atoms with Gasteiger partial charge in [0.05, 0.1) is 12.7 Å². The second kappa shape index (κ2) is 6.01. The highest BCUT2D eigenvalue weighted by atomic mass is 16.5. The van der Waals surface area contributed by atoms with E-state index in [1.807, 2.05) is 0 Å². The molecule has 0 aromatic rings. The summed E-state index contributed by atoms with van der Waals surface area (Å²) in [5.74, 6) is -0.304. The standard InChI is InChI=1S/C12H21NO3/c1-10(11(14)16-2)5-8-13-9-12(15)6-3-4-7-12/h5,13,15H,3-4,6-9H2,1-2H3. The maximum absolute atomic E-state index is 11.1. The molecule has 0 spiro atoms. The molecule has 2 N–H and O–H groups in total. The summed E-state index contributed by atoms with van der Waals surface area (Å²) in [7, 11) is 1.37. The Morgan fingerprint density at radius 3 is 2.69 bits per heavy atom. The molecule has 92 valence electrons. The molecule has 1 aliphatic carbocycles. The summed E-state index contributed by atoms with van der Waals surface area (Å²) < 4.78 is 4.58. The highest BCUT2D eigenvalue weighted by Gasteiger charge is 2.30. The van der Waals surface area contributed by atoms with Crippen molar-refractivity contribution in [1.29, 1.82) is 0 Å². The van der Waals surface area contributed by atoms with Crippen LogP contribution in [0.25, 0.3) is 0 Å². The van der Waals surface area contributed by atoms with Crippen LogP contribution in [0.4, 0.5) is 0 Å². The summed E-state index contributed by atoms with van der Waals surface area (Å²) >= 11 is 0. The van der Waals surface area contributed by atoms with Crippen LogP contribution in [0.5, 0.6) is 0 Å². The van der Waals surface area contributed by atoms with Crippen molar-refractivity contribution in [2.24, 2.45) is 0 Å². The summed E-state index contributed by atoms with van der Waals surface area (Å²) in [5, 5.41) is 13.2. The van der Waals surface area contributed by atoms with Crippen molar-refractivity contribution in [3.8, 4) is 0 Å². The Kier molecular flexibility index (Phi) is 4.96. The average Bonchev–Trinajstić information content (AvgIpc) is 2.70. The lowest BCUT2D eigenvalue weighted by atomic mass is 10.0. The van der Waals surface area contributed by atoms with Crippen LogP contribution >= 0.6 is 0 Å². The predicted octanol–water partition coefficient (Wildman–Crippen LogP) is 1.00. The number of rotatable bonds is 5. The Balaban J connectivity index is 2.23. The molecule has 0 saturated heterocycles. The van der Waals surface area contributed by atoms with Crippen molar-refractivity contribution in [1.82, 2.24) is 5.32 Å². The lowest BCUT2D eigenvalue weighted by molar-refractivity contribution is -0.136. The Hall–Kier alpha value is -0.870. The minimum Gasteiger partial charge on any atom is -0.466 e. The second-order valence-corrected chi connectivity index (χ2v) is 4.44. The Morgan fingerprint density at radius 1 is 1.50 bits per heavy atom.